The molecule has 0 saturated carbocycles. The summed E-state index contributed by atoms with van der Waals surface area (Å²) >= 11 is 0. The molecule has 2 aliphatic rings. The molecule has 0 radical (unpaired) electrons. The standard InChI is InChI=1S/C32H16N8.2H3N.Ru/c1-2-10-18-17(9-1)25-33-26(18)38-28-21-13-5-6-14-22(21)30(35-28)40-32-24-16-8-7-15-23(24)31(36-32)39-29-20-12-4-3-11-19(20)27(34-29)37-25;;;/h1-16H;2*1H3;/q-2;;;+2. The molecule has 3 aromatic heterocycles. The van der Waals surface area contributed by atoms with Crippen LogP contribution in [0.15, 0.2) is 97.1 Å². The average Bonchev–Trinajstić information content (AvgIpc) is 3.73. The Kier molecular flexibility index (Phi) is 6.86. The maximum atomic E-state index is 4.95. The van der Waals surface area contributed by atoms with Crippen LogP contribution in [0.3, 0.4) is 0 Å². The topological polar surface area (TPSA) is 176 Å². The molecule has 9 rings (SSSR count). The third kappa shape index (κ3) is 4.21. The minimum absolute atomic E-state index is 0. The van der Waals surface area contributed by atoms with Gasteiger partial charge in [0.15, 0.2) is 0 Å². The normalized spacial score (nSPS) is 11.2. The van der Waals surface area contributed by atoms with E-state index in [0.29, 0.717) is 45.9 Å². The fourth-order valence-corrected chi connectivity index (χ4v) is 5.46. The molecule has 0 amide bonds. The van der Waals surface area contributed by atoms with Crippen molar-refractivity contribution in [1.82, 2.24) is 52.2 Å². The first-order valence-electron chi connectivity index (χ1n) is 12.9. The summed E-state index contributed by atoms with van der Waals surface area (Å²) in [7, 11) is 0. The Hall–Kier alpha value is -5.22. The van der Waals surface area contributed by atoms with Gasteiger partial charge >= 0.3 is 19.5 Å². The van der Waals surface area contributed by atoms with Gasteiger partial charge in [0.1, 0.15) is 0 Å². The molecular formula is C32H22N10Ru. The number of fused-ring (bicyclic) bond motifs is 20. The van der Waals surface area contributed by atoms with E-state index in [1.807, 2.05) is 97.1 Å². The quantitative estimate of drug-likeness (QED) is 0.174. The molecule has 8 bridgehead atoms. The van der Waals surface area contributed by atoms with Crippen molar-refractivity contribution in [3.8, 4) is 45.6 Å². The van der Waals surface area contributed by atoms with Gasteiger partial charge in [0.25, 0.3) is 0 Å². The predicted octanol–water partition coefficient (Wildman–Crippen LogP) is 6.45. The summed E-state index contributed by atoms with van der Waals surface area (Å²) in [5, 5.41) is 3.57. The van der Waals surface area contributed by atoms with Crippen molar-refractivity contribution in [2.24, 2.45) is 0 Å². The monoisotopic (exact) mass is 648 g/mol. The van der Waals surface area contributed by atoms with Gasteiger partial charge in [0, 0.05) is 44.8 Å². The van der Waals surface area contributed by atoms with Crippen LogP contribution in [0.5, 0.6) is 0 Å². The summed E-state index contributed by atoms with van der Waals surface area (Å²) in [6.45, 7) is 0. The van der Waals surface area contributed by atoms with E-state index in [1.165, 1.54) is 0 Å². The first kappa shape index (κ1) is 27.9. The van der Waals surface area contributed by atoms with Gasteiger partial charge in [0.2, 0.25) is 0 Å². The summed E-state index contributed by atoms with van der Waals surface area (Å²) in [5.41, 5.74) is 5.78. The van der Waals surface area contributed by atoms with Gasteiger partial charge in [-0.25, -0.2) is 9.97 Å². The van der Waals surface area contributed by atoms with Crippen LogP contribution in [0.4, 0.5) is 0 Å². The Balaban J connectivity index is 0.00000110. The van der Waals surface area contributed by atoms with Gasteiger partial charge in [-0.1, -0.05) is 97.1 Å². The van der Waals surface area contributed by atoms with Crippen molar-refractivity contribution >= 4 is 44.1 Å². The minimum Gasteiger partial charge on any atom is -0.357 e. The number of hydrogen-bond acceptors (Lipinski definition) is 8. The van der Waals surface area contributed by atoms with Crippen LogP contribution >= 0.6 is 0 Å². The molecular weight excluding hydrogens is 625 g/mol. The van der Waals surface area contributed by atoms with Crippen LogP contribution in [-0.2, 0) is 19.5 Å². The van der Waals surface area contributed by atoms with Crippen molar-refractivity contribution in [3.63, 3.8) is 0 Å². The molecule has 43 heavy (non-hydrogen) atoms. The summed E-state index contributed by atoms with van der Waals surface area (Å²) in [6.07, 6.45) is 0. The molecule has 0 saturated heterocycles. The van der Waals surface area contributed by atoms with E-state index in [-0.39, 0.29) is 31.8 Å². The minimum atomic E-state index is 0. The van der Waals surface area contributed by atoms with Crippen LogP contribution < -0.4 is 22.3 Å². The van der Waals surface area contributed by atoms with E-state index in [9.17, 15) is 0 Å². The van der Waals surface area contributed by atoms with Crippen molar-refractivity contribution in [2.45, 2.75) is 0 Å². The van der Waals surface area contributed by atoms with Gasteiger partial charge in [0.05, 0.1) is 23.3 Å². The second-order valence-electron chi connectivity index (χ2n) is 9.67. The summed E-state index contributed by atoms with van der Waals surface area (Å²) in [4.78, 5) is 39.3. The molecule has 10 nitrogen and oxygen atoms in total. The predicted molar refractivity (Wildman–Crippen MR) is 164 cm³/mol. The van der Waals surface area contributed by atoms with Gasteiger partial charge in [-0.2, -0.15) is 0 Å². The van der Waals surface area contributed by atoms with Crippen LogP contribution in [0.2, 0.25) is 0 Å². The molecule has 0 fully saturated rings. The van der Waals surface area contributed by atoms with Crippen LogP contribution in [-0.4, -0.2) is 29.9 Å². The molecule has 5 heterocycles. The Morgan fingerprint density at radius 1 is 0.326 bits per heavy atom. The van der Waals surface area contributed by atoms with Gasteiger partial charge < -0.3 is 42.2 Å². The second-order valence-corrected chi connectivity index (χ2v) is 9.67. The molecule has 6 N–H and O–H groups in total. The molecule has 0 spiro atoms. The smallest absolute Gasteiger partial charge is 0.357 e. The van der Waals surface area contributed by atoms with E-state index >= 15 is 0 Å². The van der Waals surface area contributed by atoms with E-state index in [2.05, 4.69) is 0 Å². The van der Waals surface area contributed by atoms with Gasteiger partial charge in [-0.15, -0.1) is 0 Å². The summed E-state index contributed by atoms with van der Waals surface area (Å²) in [5.74, 6) is 2.21. The van der Waals surface area contributed by atoms with Crippen LogP contribution in [0, 0.1) is 0 Å². The maximum Gasteiger partial charge on any atom is 2.00 e. The van der Waals surface area contributed by atoms with Gasteiger partial charge in [-0.05, 0) is 21.5 Å². The van der Waals surface area contributed by atoms with E-state index < -0.39 is 0 Å². The third-order valence-corrected chi connectivity index (χ3v) is 7.33. The average molecular weight is 648 g/mol. The number of hydrogen-bond donors (Lipinski definition) is 2. The number of rotatable bonds is 0. The zero-order valence-electron chi connectivity index (χ0n) is 22.6. The van der Waals surface area contributed by atoms with Crippen LogP contribution in [0.25, 0.3) is 89.7 Å². The molecule has 11 heteroatoms. The third-order valence-electron chi connectivity index (χ3n) is 7.33. The zero-order chi connectivity index (χ0) is 26.2. The number of aromatic nitrogens is 8. The van der Waals surface area contributed by atoms with E-state index in [0.717, 1.165) is 43.8 Å². The van der Waals surface area contributed by atoms with E-state index in [4.69, 9.17) is 39.9 Å². The van der Waals surface area contributed by atoms with Crippen LogP contribution in [0.1, 0.15) is 0 Å². The fraction of sp³-hybridized carbons (Fsp3) is 0. The number of benzene rings is 4. The summed E-state index contributed by atoms with van der Waals surface area (Å²) < 4.78 is 0. The molecule has 208 valence electrons. The number of nitrogens with zero attached hydrogens (tertiary/aromatic N) is 8. The summed E-state index contributed by atoms with van der Waals surface area (Å²) in [6, 6.07) is 31.8. The van der Waals surface area contributed by atoms with Crippen molar-refractivity contribution in [1.29, 1.82) is 0 Å². The molecule has 0 unspecified atom stereocenters. The Morgan fingerprint density at radius 3 is 0.814 bits per heavy atom. The largest absolute Gasteiger partial charge is 2.00 e. The van der Waals surface area contributed by atoms with Crippen molar-refractivity contribution in [2.75, 3.05) is 0 Å². The Morgan fingerprint density at radius 2 is 0.558 bits per heavy atom. The second kappa shape index (κ2) is 10.6. The molecule has 0 atom stereocenters. The molecule has 2 aliphatic heterocycles. The SMILES string of the molecule is N.N.[Ru+2].c1ccc2c(c1)-c1nc-2nc2[n-]c(nc3nc(nc4[n-]c(n1)c1ccccc41)-c1ccccc1-3)c1ccccc21. The molecule has 7 aromatic rings. The zero-order valence-corrected chi connectivity index (χ0v) is 24.3. The maximum absolute atomic E-state index is 4.95. The Bertz CT molecular complexity index is 2040. The Labute approximate surface area is 257 Å². The fourth-order valence-electron chi connectivity index (χ4n) is 5.46. The van der Waals surface area contributed by atoms with Crippen molar-refractivity contribution < 1.29 is 19.5 Å². The van der Waals surface area contributed by atoms with Crippen molar-refractivity contribution in [3.05, 3.63) is 97.1 Å². The van der Waals surface area contributed by atoms with Gasteiger partial charge in [-0.3, -0.25) is 0 Å². The first-order chi connectivity index (χ1) is 19.8. The first-order valence-corrected chi connectivity index (χ1v) is 12.9. The van der Waals surface area contributed by atoms with E-state index in [1.54, 1.807) is 0 Å². The molecule has 0 aliphatic carbocycles. The molecule has 4 aromatic carbocycles.